The second kappa shape index (κ2) is 4.22. The number of allylic oxidation sites excluding steroid dienone is 4. The molecule has 0 saturated heterocycles. The molecule has 1 fully saturated rings. The molecule has 1 heteroatoms. The van der Waals surface area contributed by atoms with Crippen LogP contribution in [-0.2, 0) is 4.79 Å². The van der Waals surface area contributed by atoms with Crippen molar-refractivity contribution in [1.29, 1.82) is 0 Å². The fourth-order valence-electron chi connectivity index (χ4n) is 1.52. The van der Waals surface area contributed by atoms with Crippen LogP contribution in [0.2, 0.25) is 0 Å². The summed E-state index contributed by atoms with van der Waals surface area (Å²) < 4.78 is 0. The van der Waals surface area contributed by atoms with Crippen LogP contribution in [0.4, 0.5) is 0 Å². The maximum atomic E-state index is 11.0. The standard InChI is InChI=1S/C12H16O/c1-9(2)4-5-10(3)11-6-7-12(13)8-11/h4-5,11H,1,3,6-8H2,2H3/b5-4-. The van der Waals surface area contributed by atoms with E-state index in [0.29, 0.717) is 18.1 Å². The first-order valence-electron chi connectivity index (χ1n) is 4.63. The van der Waals surface area contributed by atoms with E-state index in [2.05, 4.69) is 13.2 Å². The minimum absolute atomic E-state index is 0.370. The third-order valence-electron chi connectivity index (χ3n) is 2.35. The summed E-state index contributed by atoms with van der Waals surface area (Å²) in [4.78, 5) is 11.0. The Bertz CT molecular complexity index is 271. The molecule has 0 aromatic rings. The van der Waals surface area contributed by atoms with Gasteiger partial charge in [-0.2, -0.15) is 0 Å². The first-order valence-corrected chi connectivity index (χ1v) is 4.63. The van der Waals surface area contributed by atoms with E-state index in [1.165, 1.54) is 0 Å². The van der Waals surface area contributed by atoms with Gasteiger partial charge in [-0.1, -0.05) is 36.5 Å². The lowest BCUT2D eigenvalue weighted by atomic mass is 9.98. The minimum atomic E-state index is 0.370. The summed E-state index contributed by atoms with van der Waals surface area (Å²) in [5.74, 6) is 0.748. The van der Waals surface area contributed by atoms with Crippen LogP contribution in [0.1, 0.15) is 26.2 Å². The van der Waals surface area contributed by atoms with E-state index in [-0.39, 0.29) is 0 Å². The predicted molar refractivity (Wildman–Crippen MR) is 55.4 cm³/mol. The predicted octanol–water partition coefficient (Wildman–Crippen LogP) is 3.04. The average Bonchev–Trinajstić information content (AvgIpc) is 2.47. The zero-order chi connectivity index (χ0) is 9.84. The smallest absolute Gasteiger partial charge is 0.133 e. The van der Waals surface area contributed by atoms with Gasteiger partial charge < -0.3 is 0 Å². The summed E-state index contributed by atoms with van der Waals surface area (Å²) in [6.07, 6.45) is 6.30. The third kappa shape index (κ3) is 3.02. The van der Waals surface area contributed by atoms with Crippen molar-refractivity contribution in [2.24, 2.45) is 5.92 Å². The molecule has 0 heterocycles. The van der Waals surface area contributed by atoms with Crippen molar-refractivity contribution in [3.05, 3.63) is 36.5 Å². The zero-order valence-electron chi connectivity index (χ0n) is 8.18. The van der Waals surface area contributed by atoms with Gasteiger partial charge in [0.05, 0.1) is 0 Å². The van der Waals surface area contributed by atoms with E-state index in [0.717, 1.165) is 24.0 Å². The molecule has 70 valence electrons. The lowest BCUT2D eigenvalue weighted by molar-refractivity contribution is -0.117. The van der Waals surface area contributed by atoms with E-state index in [1.807, 2.05) is 19.1 Å². The normalized spacial score (nSPS) is 22.5. The molecule has 13 heavy (non-hydrogen) atoms. The highest BCUT2D eigenvalue weighted by Crippen LogP contribution is 2.28. The van der Waals surface area contributed by atoms with Crippen molar-refractivity contribution in [3.8, 4) is 0 Å². The lowest BCUT2D eigenvalue weighted by Gasteiger charge is -2.06. The Hall–Kier alpha value is -1.11. The van der Waals surface area contributed by atoms with Crippen LogP contribution < -0.4 is 0 Å². The molecule has 0 aliphatic heterocycles. The van der Waals surface area contributed by atoms with Gasteiger partial charge in [0.15, 0.2) is 0 Å². The van der Waals surface area contributed by atoms with Crippen molar-refractivity contribution >= 4 is 5.78 Å². The van der Waals surface area contributed by atoms with Gasteiger partial charge in [0.25, 0.3) is 0 Å². The topological polar surface area (TPSA) is 17.1 Å². The van der Waals surface area contributed by atoms with E-state index in [4.69, 9.17) is 0 Å². The van der Waals surface area contributed by atoms with Crippen LogP contribution in [-0.4, -0.2) is 5.78 Å². The molecule has 1 atom stereocenters. The quantitative estimate of drug-likeness (QED) is 0.604. The van der Waals surface area contributed by atoms with Crippen LogP contribution in [0, 0.1) is 5.92 Å². The van der Waals surface area contributed by atoms with Crippen LogP contribution >= 0.6 is 0 Å². The van der Waals surface area contributed by atoms with Gasteiger partial charge in [-0.3, -0.25) is 4.79 Å². The van der Waals surface area contributed by atoms with E-state index < -0.39 is 0 Å². The molecule has 0 aromatic heterocycles. The highest BCUT2D eigenvalue weighted by Gasteiger charge is 2.22. The number of hydrogen-bond acceptors (Lipinski definition) is 1. The molecular weight excluding hydrogens is 160 g/mol. The molecule has 0 radical (unpaired) electrons. The maximum Gasteiger partial charge on any atom is 0.133 e. The molecule has 1 nitrogen and oxygen atoms in total. The molecule has 0 N–H and O–H groups in total. The van der Waals surface area contributed by atoms with Crippen LogP contribution in [0.25, 0.3) is 0 Å². The van der Waals surface area contributed by atoms with Crippen molar-refractivity contribution in [1.82, 2.24) is 0 Å². The van der Waals surface area contributed by atoms with Crippen molar-refractivity contribution < 1.29 is 4.79 Å². The van der Waals surface area contributed by atoms with Gasteiger partial charge in [-0.05, 0) is 19.3 Å². The monoisotopic (exact) mass is 176 g/mol. The van der Waals surface area contributed by atoms with E-state index in [9.17, 15) is 4.79 Å². The van der Waals surface area contributed by atoms with Crippen molar-refractivity contribution in [2.45, 2.75) is 26.2 Å². The summed E-state index contributed by atoms with van der Waals surface area (Å²) in [6.45, 7) is 9.68. The fourth-order valence-corrected chi connectivity index (χ4v) is 1.52. The Morgan fingerprint density at radius 2 is 2.15 bits per heavy atom. The number of Topliss-reactive ketones (excluding diaryl/α,β-unsaturated/α-hetero) is 1. The summed E-state index contributed by atoms with van der Waals surface area (Å²) in [7, 11) is 0. The second-order valence-electron chi connectivity index (χ2n) is 3.73. The number of rotatable bonds is 3. The van der Waals surface area contributed by atoms with Gasteiger partial charge in [0, 0.05) is 12.8 Å². The molecule has 1 rings (SSSR count). The lowest BCUT2D eigenvalue weighted by Crippen LogP contribution is -1.96. The van der Waals surface area contributed by atoms with Crippen LogP contribution in [0.3, 0.4) is 0 Å². The van der Waals surface area contributed by atoms with Gasteiger partial charge in [0.1, 0.15) is 5.78 Å². The van der Waals surface area contributed by atoms with Gasteiger partial charge in [-0.15, -0.1) is 0 Å². The molecule has 1 unspecified atom stereocenters. The summed E-state index contributed by atoms with van der Waals surface area (Å²) in [5.41, 5.74) is 2.08. The molecule has 0 amide bonds. The molecule has 0 spiro atoms. The highest BCUT2D eigenvalue weighted by atomic mass is 16.1. The molecule has 1 aliphatic carbocycles. The Morgan fingerprint density at radius 1 is 1.46 bits per heavy atom. The Balaban J connectivity index is 2.49. The molecular formula is C12H16O. The first-order chi connectivity index (χ1) is 6.09. The average molecular weight is 176 g/mol. The molecule has 1 aliphatic rings. The summed E-state index contributed by atoms with van der Waals surface area (Å²) in [5, 5.41) is 0. The van der Waals surface area contributed by atoms with E-state index >= 15 is 0 Å². The number of carbonyl (C=O) groups is 1. The van der Waals surface area contributed by atoms with Crippen LogP contribution in [0.15, 0.2) is 36.5 Å². The summed E-state index contributed by atoms with van der Waals surface area (Å²) in [6, 6.07) is 0. The Kier molecular flexibility index (Phi) is 3.24. The van der Waals surface area contributed by atoms with Crippen molar-refractivity contribution in [2.75, 3.05) is 0 Å². The third-order valence-corrected chi connectivity index (χ3v) is 2.35. The maximum absolute atomic E-state index is 11.0. The van der Waals surface area contributed by atoms with Gasteiger partial charge >= 0.3 is 0 Å². The minimum Gasteiger partial charge on any atom is -0.300 e. The van der Waals surface area contributed by atoms with Gasteiger partial charge in [0.2, 0.25) is 0 Å². The molecule has 0 bridgehead atoms. The SMILES string of the molecule is C=C(C)/C=C\C(=C)C1CCC(=O)C1. The Labute approximate surface area is 79.8 Å². The second-order valence-corrected chi connectivity index (χ2v) is 3.73. The first kappa shape index (κ1) is 9.97. The van der Waals surface area contributed by atoms with Crippen molar-refractivity contribution in [3.63, 3.8) is 0 Å². The largest absolute Gasteiger partial charge is 0.300 e. The summed E-state index contributed by atoms with van der Waals surface area (Å²) >= 11 is 0. The molecule has 1 saturated carbocycles. The number of hydrogen-bond donors (Lipinski definition) is 0. The Morgan fingerprint density at radius 3 is 2.62 bits per heavy atom. The number of carbonyl (C=O) groups excluding carboxylic acids is 1. The van der Waals surface area contributed by atoms with Gasteiger partial charge in [-0.25, -0.2) is 0 Å². The molecule has 0 aromatic carbocycles. The van der Waals surface area contributed by atoms with E-state index in [1.54, 1.807) is 0 Å². The number of ketones is 1. The van der Waals surface area contributed by atoms with Crippen LogP contribution in [0.5, 0.6) is 0 Å². The zero-order valence-corrected chi connectivity index (χ0v) is 8.18. The fraction of sp³-hybridized carbons (Fsp3) is 0.417. The highest BCUT2D eigenvalue weighted by molar-refractivity contribution is 5.81.